The molecule has 20 heavy (non-hydrogen) atoms. The summed E-state index contributed by atoms with van der Waals surface area (Å²) >= 11 is 0. The third-order valence-corrected chi connectivity index (χ3v) is 4.68. The predicted molar refractivity (Wildman–Crippen MR) is 76.4 cm³/mol. The van der Waals surface area contributed by atoms with Gasteiger partial charge in [-0.25, -0.2) is 0 Å². The van der Waals surface area contributed by atoms with E-state index in [1.54, 1.807) is 0 Å². The van der Waals surface area contributed by atoms with Gasteiger partial charge in [0.05, 0.1) is 6.04 Å². The third kappa shape index (κ3) is 3.95. The molecule has 2 N–H and O–H groups in total. The number of nitrogens with zero attached hydrogens (tertiary/aromatic N) is 1. The number of carbonyl (C=O) groups is 2. The van der Waals surface area contributed by atoms with Crippen LogP contribution >= 0.6 is 0 Å². The van der Waals surface area contributed by atoms with Crippen molar-refractivity contribution in [1.82, 2.24) is 10.2 Å². The van der Waals surface area contributed by atoms with Crippen molar-refractivity contribution in [3.05, 3.63) is 0 Å². The maximum Gasteiger partial charge on any atom is 0.303 e. The molecular weight excluding hydrogens is 256 g/mol. The first-order valence-electron chi connectivity index (χ1n) is 7.84. The van der Waals surface area contributed by atoms with Crippen molar-refractivity contribution >= 4 is 11.9 Å². The lowest BCUT2D eigenvalue weighted by Gasteiger charge is -2.37. The molecule has 0 spiro atoms. The van der Waals surface area contributed by atoms with Gasteiger partial charge >= 0.3 is 5.97 Å². The van der Waals surface area contributed by atoms with Gasteiger partial charge in [-0.3, -0.25) is 9.59 Å². The van der Waals surface area contributed by atoms with Gasteiger partial charge in [0.2, 0.25) is 5.91 Å². The fraction of sp³-hybridized carbons (Fsp3) is 0.867. The number of carbonyl (C=O) groups excluding carboxylic acids is 1. The summed E-state index contributed by atoms with van der Waals surface area (Å²) in [5, 5.41) is 12.2. The first-order chi connectivity index (χ1) is 9.60. The van der Waals surface area contributed by atoms with Gasteiger partial charge in [0.15, 0.2) is 0 Å². The number of hydrogen-bond donors (Lipinski definition) is 2. The van der Waals surface area contributed by atoms with Crippen molar-refractivity contribution in [1.29, 1.82) is 0 Å². The first kappa shape index (κ1) is 15.3. The highest BCUT2D eigenvalue weighted by atomic mass is 16.4. The summed E-state index contributed by atoms with van der Waals surface area (Å²) in [5.74, 6) is 0.185. The minimum atomic E-state index is -0.758. The molecule has 0 radical (unpaired) electrons. The van der Waals surface area contributed by atoms with Crippen molar-refractivity contribution in [3.8, 4) is 0 Å². The molecule has 0 aliphatic carbocycles. The summed E-state index contributed by atoms with van der Waals surface area (Å²) < 4.78 is 0. The van der Waals surface area contributed by atoms with Gasteiger partial charge in [0.1, 0.15) is 0 Å². The van der Waals surface area contributed by atoms with Gasteiger partial charge in [0.25, 0.3) is 0 Å². The lowest BCUT2D eigenvalue weighted by atomic mass is 9.88. The number of aliphatic carboxylic acids is 1. The zero-order chi connectivity index (χ0) is 14.5. The number of amides is 1. The van der Waals surface area contributed by atoms with E-state index in [9.17, 15) is 9.59 Å². The van der Waals surface area contributed by atoms with E-state index in [-0.39, 0.29) is 24.3 Å². The van der Waals surface area contributed by atoms with Crippen LogP contribution in [-0.4, -0.2) is 47.6 Å². The van der Waals surface area contributed by atoms with Crippen LogP contribution in [-0.2, 0) is 9.59 Å². The lowest BCUT2D eigenvalue weighted by Crippen LogP contribution is -2.52. The standard InChI is InChI=1S/C15H26N2O3/c1-2-11-5-6-16-13(8-11)15(20)17-7-3-4-12(10-17)9-14(18)19/h11-13,16H,2-10H2,1H3,(H,18,19). The van der Waals surface area contributed by atoms with Crippen molar-refractivity contribution < 1.29 is 14.7 Å². The van der Waals surface area contributed by atoms with Crippen molar-refractivity contribution in [2.24, 2.45) is 11.8 Å². The first-order valence-corrected chi connectivity index (χ1v) is 7.84. The number of nitrogens with one attached hydrogen (secondary N) is 1. The fourth-order valence-corrected chi connectivity index (χ4v) is 3.45. The Morgan fingerprint density at radius 3 is 2.80 bits per heavy atom. The number of carboxylic acid groups (broad SMARTS) is 1. The van der Waals surface area contributed by atoms with Gasteiger partial charge in [-0.2, -0.15) is 0 Å². The topological polar surface area (TPSA) is 69.6 Å². The van der Waals surface area contributed by atoms with E-state index < -0.39 is 5.97 Å². The molecule has 2 aliphatic rings. The molecule has 2 saturated heterocycles. The maximum absolute atomic E-state index is 12.6. The van der Waals surface area contributed by atoms with Crippen LogP contribution < -0.4 is 5.32 Å². The Morgan fingerprint density at radius 2 is 2.10 bits per heavy atom. The Hall–Kier alpha value is -1.10. The lowest BCUT2D eigenvalue weighted by molar-refractivity contribution is -0.141. The molecule has 5 nitrogen and oxygen atoms in total. The largest absolute Gasteiger partial charge is 0.481 e. The van der Waals surface area contributed by atoms with E-state index in [1.165, 1.54) is 0 Å². The van der Waals surface area contributed by atoms with Crippen LogP contribution in [0.5, 0.6) is 0 Å². The summed E-state index contributed by atoms with van der Waals surface area (Å²) in [5.41, 5.74) is 0. The van der Waals surface area contributed by atoms with Crippen LogP contribution in [0.15, 0.2) is 0 Å². The monoisotopic (exact) mass is 282 g/mol. The van der Waals surface area contributed by atoms with Gasteiger partial charge < -0.3 is 15.3 Å². The molecule has 2 heterocycles. The molecule has 5 heteroatoms. The quantitative estimate of drug-likeness (QED) is 0.819. The minimum Gasteiger partial charge on any atom is -0.481 e. The Bertz CT molecular complexity index is 359. The van der Waals surface area contributed by atoms with Crippen molar-refractivity contribution in [2.75, 3.05) is 19.6 Å². The Labute approximate surface area is 120 Å². The Kier molecular flexibility index (Phi) is 5.40. The maximum atomic E-state index is 12.6. The normalized spacial score (nSPS) is 31.1. The molecule has 0 aromatic heterocycles. The molecular formula is C15H26N2O3. The molecule has 0 bridgehead atoms. The van der Waals surface area contributed by atoms with Crippen molar-refractivity contribution in [2.45, 2.75) is 51.5 Å². The third-order valence-electron chi connectivity index (χ3n) is 4.68. The molecule has 2 rings (SSSR count). The molecule has 0 aromatic rings. The average molecular weight is 282 g/mol. The summed E-state index contributed by atoms with van der Waals surface area (Å²) in [6, 6.07) is -0.0581. The zero-order valence-corrected chi connectivity index (χ0v) is 12.3. The van der Waals surface area contributed by atoms with Crippen LogP contribution in [0.3, 0.4) is 0 Å². The molecule has 3 atom stereocenters. The van der Waals surface area contributed by atoms with E-state index in [0.29, 0.717) is 12.5 Å². The number of piperidine rings is 2. The molecule has 3 unspecified atom stereocenters. The van der Waals surface area contributed by atoms with Crippen LogP contribution in [0.2, 0.25) is 0 Å². The average Bonchev–Trinajstić information content (AvgIpc) is 2.46. The second-order valence-corrected chi connectivity index (χ2v) is 6.20. The Morgan fingerprint density at radius 1 is 1.30 bits per heavy atom. The molecule has 2 fully saturated rings. The molecule has 0 saturated carbocycles. The number of carboxylic acids is 1. The summed E-state index contributed by atoms with van der Waals surface area (Å²) in [4.78, 5) is 25.3. The number of likely N-dealkylation sites (tertiary alicyclic amines) is 1. The van der Waals surface area contributed by atoms with Gasteiger partial charge in [-0.1, -0.05) is 13.3 Å². The Balaban J connectivity index is 1.89. The van der Waals surface area contributed by atoms with E-state index in [2.05, 4.69) is 12.2 Å². The highest BCUT2D eigenvalue weighted by Crippen LogP contribution is 2.24. The van der Waals surface area contributed by atoms with Crippen molar-refractivity contribution in [3.63, 3.8) is 0 Å². The summed E-state index contributed by atoms with van der Waals surface area (Å²) in [6.07, 6.45) is 5.24. The van der Waals surface area contributed by atoms with E-state index >= 15 is 0 Å². The van der Waals surface area contributed by atoms with Crippen LogP contribution in [0.25, 0.3) is 0 Å². The molecule has 0 aromatic carbocycles. The highest BCUT2D eigenvalue weighted by Gasteiger charge is 2.32. The van der Waals surface area contributed by atoms with Crippen LogP contribution in [0.1, 0.15) is 45.4 Å². The molecule has 2 aliphatic heterocycles. The van der Waals surface area contributed by atoms with Gasteiger partial charge in [0, 0.05) is 19.5 Å². The summed E-state index contributed by atoms with van der Waals surface area (Å²) in [7, 11) is 0. The second-order valence-electron chi connectivity index (χ2n) is 6.20. The highest BCUT2D eigenvalue weighted by molar-refractivity contribution is 5.82. The van der Waals surface area contributed by atoms with E-state index in [1.807, 2.05) is 4.90 Å². The van der Waals surface area contributed by atoms with E-state index in [0.717, 1.165) is 45.2 Å². The SMILES string of the molecule is CCC1CCNC(C(=O)N2CCCC(CC(=O)O)C2)C1. The molecule has 114 valence electrons. The number of rotatable bonds is 4. The predicted octanol–water partition coefficient (Wildman–Crippen LogP) is 1.48. The summed E-state index contributed by atoms with van der Waals surface area (Å²) in [6.45, 7) is 4.49. The second kappa shape index (κ2) is 7.07. The minimum absolute atomic E-state index is 0.0581. The molecule has 1 amide bonds. The van der Waals surface area contributed by atoms with E-state index in [4.69, 9.17) is 5.11 Å². The van der Waals surface area contributed by atoms with Crippen LogP contribution in [0, 0.1) is 11.8 Å². The fourth-order valence-electron chi connectivity index (χ4n) is 3.45. The number of hydrogen-bond acceptors (Lipinski definition) is 3. The smallest absolute Gasteiger partial charge is 0.303 e. The van der Waals surface area contributed by atoms with Gasteiger partial charge in [-0.15, -0.1) is 0 Å². The van der Waals surface area contributed by atoms with Crippen LogP contribution in [0.4, 0.5) is 0 Å². The van der Waals surface area contributed by atoms with Gasteiger partial charge in [-0.05, 0) is 44.1 Å². The zero-order valence-electron chi connectivity index (χ0n) is 12.3.